The summed E-state index contributed by atoms with van der Waals surface area (Å²) in [5, 5.41) is 12.6. The fraction of sp³-hybridized carbons (Fsp3) is 0.143. The molecule has 2 rings (SSSR count). The summed E-state index contributed by atoms with van der Waals surface area (Å²) in [6.07, 6.45) is 0. The number of rotatable bonds is 3. The summed E-state index contributed by atoms with van der Waals surface area (Å²) in [4.78, 5) is 0. The highest BCUT2D eigenvalue weighted by Crippen LogP contribution is 2.22. The Morgan fingerprint density at radius 1 is 1.00 bits per heavy atom. The molecule has 0 amide bonds. The molecular weight excluding hydrogens is 278 g/mol. The molecule has 0 saturated carbocycles. The van der Waals surface area contributed by atoms with E-state index in [4.69, 9.17) is 0 Å². The van der Waals surface area contributed by atoms with Gasteiger partial charge >= 0.3 is 0 Å². The summed E-state index contributed by atoms with van der Waals surface area (Å²) < 4.78 is 1.08. The van der Waals surface area contributed by atoms with Crippen LogP contribution in [0.1, 0.15) is 18.5 Å². The van der Waals surface area contributed by atoms with E-state index in [2.05, 4.69) is 40.3 Å². The molecule has 0 spiro atoms. The molecule has 0 heterocycles. The summed E-state index contributed by atoms with van der Waals surface area (Å²) in [5.41, 5.74) is 2.22. The van der Waals surface area contributed by atoms with Gasteiger partial charge in [-0.25, -0.2) is 0 Å². The molecule has 2 N–H and O–H groups in total. The van der Waals surface area contributed by atoms with E-state index < -0.39 is 0 Å². The highest BCUT2D eigenvalue weighted by molar-refractivity contribution is 9.10. The normalized spacial score (nSPS) is 12.1. The molecule has 0 aromatic heterocycles. The van der Waals surface area contributed by atoms with Crippen LogP contribution in [0.5, 0.6) is 5.75 Å². The lowest BCUT2D eigenvalue weighted by molar-refractivity contribution is 0.475. The maximum Gasteiger partial charge on any atom is 0.115 e. The van der Waals surface area contributed by atoms with Crippen LogP contribution in [0.4, 0.5) is 5.69 Å². The molecule has 1 atom stereocenters. The number of hydrogen-bond acceptors (Lipinski definition) is 2. The molecule has 0 radical (unpaired) electrons. The second-order valence-corrected chi connectivity index (χ2v) is 4.88. The average molecular weight is 292 g/mol. The van der Waals surface area contributed by atoms with Crippen LogP contribution in [0.25, 0.3) is 0 Å². The largest absolute Gasteiger partial charge is 0.508 e. The second kappa shape index (κ2) is 5.23. The van der Waals surface area contributed by atoms with E-state index in [1.54, 1.807) is 12.1 Å². The highest BCUT2D eigenvalue weighted by atomic mass is 79.9. The van der Waals surface area contributed by atoms with Crippen LogP contribution in [0.2, 0.25) is 0 Å². The molecule has 0 aliphatic carbocycles. The van der Waals surface area contributed by atoms with Gasteiger partial charge in [-0.1, -0.05) is 28.1 Å². The van der Waals surface area contributed by atoms with Crippen LogP contribution in [0, 0.1) is 0 Å². The van der Waals surface area contributed by atoms with E-state index >= 15 is 0 Å². The minimum Gasteiger partial charge on any atom is -0.508 e. The maximum atomic E-state index is 9.21. The fourth-order valence-electron chi connectivity index (χ4n) is 1.64. The summed E-state index contributed by atoms with van der Waals surface area (Å²) in [6, 6.07) is 15.6. The third-order valence-corrected chi connectivity index (χ3v) is 3.15. The number of halogens is 1. The average Bonchev–Trinajstić information content (AvgIpc) is 2.33. The van der Waals surface area contributed by atoms with Crippen molar-refractivity contribution in [2.75, 3.05) is 5.32 Å². The Hall–Kier alpha value is -1.48. The molecule has 0 bridgehead atoms. The summed E-state index contributed by atoms with van der Waals surface area (Å²) >= 11 is 3.42. The third kappa shape index (κ3) is 3.24. The molecule has 0 aliphatic heterocycles. The number of hydrogen-bond donors (Lipinski definition) is 2. The molecule has 2 aromatic rings. The van der Waals surface area contributed by atoms with Crippen molar-refractivity contribution in [1.29, 1.82) is 0 Å². The number of phenolic OH excluding ortho intramolecular Hbond substituents is 1. The van der Waals surface area contributed by atoms with Crippen molar-refractivity contribution in [2.24, 2.45) is 0 Å². The Morgan fingerprint density at radius 2 is 1.59 bits per heavy atom. The van der Waals surface area contributed by atoms with Gasteiger partial charge in [0.2, 0.25) is 0 Å². The van der Waals surface area contributed by atoms with Crippen molar-refractivity contribution in [3.63, 3.8) is 0 Å². The van der Waals surface area contributed by atoms with Gasteiger partial charge in [0.05, 0.1) is 0 Å². The topological polar surface area (TPSA) is 32.3 Å². The smallest absolute Gasteiger partial charge is 0.115 e. The number of nitrogens with one attached hydrogen (secondary N) is 1. The van der Waals surface area contributed by atoms with Crippen LogP contribution < -0.4 is 5.32 Å². The van der Waals surface area contributed by atoms with Gasteiger partial charge in [-0.2, -0.15) is 0 Å². The van der Waals surface area contributed by atoms with E-state index in [1.165, 1.54) is 5.56 Å². The summed E-state index contributed by atoms with van der Waals surface area (Å²) in [7, 11) is 0. The fourth-order valence-corrected chi connectivity index (χ4v) is 1.91. The van der Waals surface area contributed by atoms with Crippen molar-refractivity contribution in [3.05, 3.63) is 58.6 Å². The van der Waals surface area contributed by atoms with E-state index in [0.29, 0.717) is 0 Å². The van der Waals surface area contributed by atoms with Gasteiger partial charge in [-0.05, 0) is 48.9 Å². The molecule has 2 nitrogen and oxygen atoms in total. The molecule has 1 unspecified atom stereocenters. The summed E-state index contributed by atoms with van der Waals surface area (Å²) in [5.74, 6) is 0.284. The first-order chi connectivity index (χ1) is 8.15. The zero-order chi connectivity index (χ0) is 12.3. The van der Waals surface area contributed by atoms with Gasteiger partial charge in [0.15, 0.2) is 0 Å². The second-order valence-electron chi connectivity index (χ2n) is 3.96. The molecule has 0 fully saturated rings. The van der Waals surface area contributed by atoms with Gasteiger partial charge in [0.1, 0.15) is 5.75 Å². The van der Waals surface area contributed by atoms with E-state index in [1.807, 2.05) is 24.3 Å². The maximum absolute atomic E-state index is 9.21. The first kappa shape index (κ1) is 12.0. The van der Waals surface area contributed by atoms with Crippen LogP contribution >= 0.6 is 15.9 Å². The SMILES string of the molecule is CC(Nc1ccc(O)cc1)c1ccc(Br)cc1. The molecule has 2 aromatic carbocycles. The van der Waals surface area contributed by atoms with E-state index in [-0.39, 0.29) is 11.8 Å². The molecule has 0 aliphatic rings. The minimum absolute atomic E-state index is 0.229. The monoisotopic (exact) mass is 291 g/mol. The van der Waals surface area contributed by atoms with Crippen molar-refractivity contribution in [1.82, 2.24) is 0 Å². The predicted molar refractivity (Wildman–Crippen MR) is 74.3 cm³/mol. The Kier molecular flexibility index (Phi) is 3.69. The molecular formula is C14H14BrNO. The first-order valence-corrected chi connectivity index (χ1v) is 6.25. The Morgan fingerprint density at radius 3 is 2.18 bits per heavy atom. The van der Waals surface area contributed by atoms with Crippen LogP contribution in [0.15, 0.2) is 53.0 Å². The van der Waals surface area contributed by atoms with E-state index in [9.17, 15) is 5.11 Å². The number of phenols is 1. The van der Waals surface area contributed by atoms with Crippen LogP contribution in [0.3, 0.4) is 0 Å². The zero-order valence-corrected chi connectivity index (χ0v) is 11.1. The van der Waals surface area contributed by atoms with Crippen molar-refractivity contribution in [2.45, 2.75) is 13.0 Å². The molecule has 0 saturated heterocycles. The Bertz CT molecular complexity index is 479. The molecule has 88 valence electrons. The quantitative estimate of drug-likeness (QED) is 0.825. The van der Waals surface area contributed by atoms with E-state index in [0.717, 1.165) is 10.2 Å². The van der Waals surface area contributed by atoms with Gasteiger partial charge in [0.25, 0.3) is 0 Å². The van der Waals surface area contributed by atoms with Gasteiger partial charge < -0.3 is 10.4 Å². The van der Waals surface area contributed by atoms with Gasteiger partial charge in [-0.15, -0.1) is 0 Å². The third-order valence-electron chi connectivity index (χ3n) is 2.62. The van der Waals surface area contributed by atoms with Gasteiger partial charge in [0, 0.05) is 16.2 Å². The lowest BCUT2D eigenvalue weighted by Crippen LogP contribution is -2.06. The predicted octanol–water partition coefficient (Wildman–Crippen LogP) is 4.33. The number of aromatic hydroxyl groups is 1. The Balaban J connectivity index is 2.08. The standard InChI is InChI=1S/C14H14BrNO/c1-10(11-2-4-12(15)5-3-11)16-13-6-8-14(17)9-7-13/h2-10,16-17H,1H3. The van der Waals surface area contributed by atoms with Gasteiger partial charge in [-0.3, -0.25) is 0 Å². The molecule has 17 heavy (non-hydrogen) atoms. The van der Waals surface area contributed by atoms with Crippen LogP contribution in [-0.4, -0.2) is 5.11 Å². The van der Waals surface area contributed by atoms with Crippen molar-refractivity contribution in [3.8, 4) is 5.75 Å². The Labute approximate surface area is 109 Å². The number of anilines is 1. The first-order valence-electron chi connectivity index (χ1n) is 5.46. The minimum atomic E-state index is 0.229. The van der Waals surface area contributed by atoms with Crippen molar-refractivity contribution >= 4 is 21.6 Å². The highest BCUT2D eigenvalue weighted by Gasteiger charge is 2.04. The van der Waals surface area contributed by atoms with Crippen molar-refractivity contribution < 1.29 is 5.11 Å². The lowest BCUT2D eigenvalue weighted by Gasteiger charge is -2.15. The van der Waals surface area contributed by atoms with Crippen LogP contribution in [-0.2, 0) is 0 Å². The lowest BCUT2D eigenvalue weighted by atomic mass is 10.1. The number of benzene rings is 2. The zero-order valence-electron chi connectivity index (χ0n) is 9.52. The summed E-state index contributed by atoms with van der Waals surface area (Å²) in [6.45, 7) is 2.11. The molecule has 3 heteroatoms.